The number of halogens is 1. The average Bonchev–Trinajstić information content (AvgIpc) is 3.09. The number of aliphatic hydroxyl groups excluding tert-OH is 1. The number of anilines is 1. The first-order chi connectivity index (χ1) is 13.7. The lowest BCUT2D eigenvalue weighted by molar-refractivity contribution is -0.0136. The summed E-state index contributed by atoms with van der Waals surface area (Å²) in [5, 5.41) is 23.8. The molecule has 1 fully saturated rings. The van der Waals surface area contributed by atoms with Crippen molar-refractivity contribution in [2.24, 2.45) is 0 Å². The highest BCUT2D eigenvalue weighted by atomic mass is 35.5. The van der Waals surface area contributed by atoms with Crippen molar-refractivity contribution >= 4 is 17.5 Å². The Balaban J connectivity index is 1.88. The maximum Gasteiger partial charge on any atom is 0.224 e. The van der Waals surface area contributed by atoms with Crippen molar-refractivity contribution in [3.8, 4) is 11.8 Å². The van der Waals surface area contributed by atoms with Crippen molar-refractivity contribution in [2.45, 2.75) is 57.9 Å². The Hall–Kier alpha value is -2.18. The number of rotatable bonds is 4. The van der Waals surface area contributed by atoms with Crippen LogP contribution in [0.3, 0.4) is 0 Å². The zero-order chi connectivity index (χ0) is 21.2. The first-order valence-electron chi connectivity index (χ1n) is 9.53. The second kappa shape index (κ2) is 8.67. The molecule has 2 aromatic rings. The van der Waals surface area contributed by atoms with E-state index in [2.05, 4.69) is 32.1 Å². The third-order valence-electron chi connectivity index (χ3n) is 4.55. The zero-order valence-corrected chi connectivity index (χ0v) is 17.7. The summed E-state index contributed by atoms with van der Waals surface area (Å²) in [7, 11) is 0. The van der Waals surface area contributed by atoms with Gasteiger partial charge in [0.15, 0.2) is 0 Å². The zero-order valence-electron chi connectivity index (χ0n) is 17.0. The molecule has 0 spiro atoms. The van der Waals surface area contributed by atoms with E-state index in [4.69, 9.17) is 16.3 Å². The quantitative estimate of drug-likeness (QED) is 0.651. The maximum absolute atomic E-state index is 10.4. The lowest BCUT2D eigenvalue weighted by atomic mass is 10.1. The molecule has 0 radical (unpaired) electrons. The summed E-state index contributed by atoms with van der Waals surface area (Å²) in [6.45, 7) is 8.23. The van der Waals surface area contributed by atoms with E-state index in [0.29, 0.717) is 41.2 Å². The number of nitrogens with zero attached hydrogens (tertiary/aromatic N) is 4. The first kappa shape index (κ1) is 21.5. The molecule has 0 unspecified atom stereocenters. The minimum atomic E-state index is -1.08. The molecule has 3 rings (SSSR count). The van der Waals surface area contributed by atoms with Gasteiger partial charge in [-0.3, -0.25) is 0 Å². The molecule has 29 heavy (non-hydrogen) atoms. The van der Waals surface area contributed by atoms with Crippen LogP contribution in [0.25, 0.3) is 0 Å². The molecule has 156 valence electrons. The normalized spacial score (nSPS) is 19.7. The van der Waals surface area contributed by atoms with Crippen LogP contribution in [0.1, 0.15) is 57.4 Å². The van der Waals surface area contributed by atoms with Gasteiger partial charge in [-0.15, -0.1) is 0 Å². The van der Waals surface area contributed by atoms with E-state index in [-0.39, 0.29) is 18.7 Å². The Bertz CT molecular complexity index is 926. The fraction of sp³-hybridized carbons (Fsp3) is 0.550. The Morgan fingerprint density at radius 2 is 2.07 bits per heavy atom. The number of imidazole rings is 1. The highest BCUT2D eigenvalue weighted by Crippen LogP contribution is 2.23. The third-order valence-corrected chi connectivity index (χ3v) is 4.83. The number of hydrogen-bond donors (Lipinski definition) is 3. The van der Waals surface area contributed by atoms with Crippen molar-refractivity contribution in [1.82, 2.24) is 19.5 Å². The third kappa shape index (κ3) is 5.06. The summed E-state index contributed by atoms with van der Waals surface area (Å²) in [4.78, 5) is 12.9. The molecule has 3 N–H and O–H groups in total. The molecule has 2 aromatic heterocycles. The minimum Gasteiger partial charge on any atom is -0.389 e. The number of nitrogens with one attached hydrogen (secondary N) is 1. The Morgan fingerprint density at radius 1 is 1.31 bits per heavy atom. The number of aromatic nitrogens is 4. The van der Waals surface area contributed by atoms with Gasteiger partial charge in [0.2, 0.25) is 5.95 Å². The summed E-state index contributed by atoms with van der Waals surface area (Å²) in [5.74, 6) is 6.92. The highest BCUT2D eigenvalue weighted by molar-refractivity contribution is 6.31. The van der Waals surface area contributed by atoms with Gasteiger partial charge in [0.1, 0.15) is 22.8 Å². The summed E-state index contributed by atoms with van der Waals surface area (Å²) in [5.41, 5.74) is -0.0634. The van der Waals surface area contributed by atoms with E-state index in [1.807, 2.05) is 18.4 Å². The van der Waals surface area contributed by atoms with Crippen LogP contribution >= 0.6 is 11.6 Å². The molecule has 9 heteroatoms. The average molecular weight is 420 g/mol. The Labute approximate surface area is 175 Å². The lowest BCUT2D eigenvalue weighted by Gasteiger charge is -2.28. The van der Waals surface area contributed by atoms with Crippen LogP contribution in [0, 0.1) is 11.8 Å². The Kier molecular flexibility index (Phi) is 6.44. The SMILES string of the molecule is CC(C)n1c(C#Cc2nc(N[C@@H]3CCOC[C@H]3O)ncc2Cl)cnc1C(C)(C)O. The fourth-order valence-corrected chi connectivity index (χ4v) is 3.27. The second-order valence-corrected chi connectivity index (χ2v) is 8.22. The van der Waals surface area contributed by atoms with Gasteiger partial charge in [-0.2, -0.15) is 0 Å². The maximum atomic E-state index is 10.4. The molecule has 1 aliphatic rings. The van der Waals surface area contributed by atoms with E-state index in [1.165, 1.54) is 6.20 Å². The topological polar surface area (TPSA) is 105 Å². The van der Waals surface area contributed by atoms with E-state index in [0.717, 1.165) is 0 Å². The fourth-order valence-electron chi connectivity index (χ4n) is 3.13. The van der Waals surface area contributed by atoms with E-state index in [9.17, 15) is 10.2 Å². The van der Waals surface area contributed by atoms with Crippen molar-refractivity contribution in [3.63, 3.8) is 0 Å². The molecule has 0 saturated carbocycles. The largest absolute Gasteiger partial charge is 0.389 e. The van der Waals surface area contributed by atoms with E-state index >= 15 is 0 Å². The predicted molar refractivity (Wildman–Crippen MR) is 110 cm³/mol. The van der Waals surface area contributed by atoms with Crippen LogP contribution in [0.2, 0.25) is 5.02 Å². The van der Waals surface area contributed by atoms with Crippen molar-refractivity contribution in [1.29, 1.82) is 0 Å². The molecule has 1 aliphatic heterocycles. The molecule has 3 heterocycles. The van der Waals surface area contributed by atoms with Crippen LogP contribution < -0.4 is 5.32 Å². The predicted octanol–water partition coefficient (Wildman–Crippen LogP) is 2.10. The van der Waals surface area contributed by atoms with Gasteiger partial charge in [-0.25, -0.2) is 15.0 Å². The number of aliphatic hydroxyl groups is 2. The summed E-state index contributed by atoms with van der Waals surface area (Å²) in [6, 6.07) is -0.126. The molecule has 0 bridgehead atoms. The van der Waals surface area contributed by atoms with E-state index < -0.39 is 11.7 Å². The van der Waals surface area contributed by atoms with Gasteiger partial charge in [0.25, 0.3) is 0 Å². The van der Waals surface area contributed by atoms with Crippen molar-refractivity contribution in [3.05, 3.63) is 34.6 Å². The van der Waals surface area contributed by atoms with Crippen LogP contribution in [-0.4, -0.2) is 55.1 Å². The Morgan fingerprint density at radius 3 is 2.72 bits per heavy atom. The van der Waals surface area contributed by atoms with E-state index in [1.54, 1.807) is 20.0 Å². The van der Waals surface area contributed by atoms with Gasteiger partial charge >= 0.3 is 0 Å². The second-order valence-electron chi connectivity index (χ2n) is 7.81. The smallest absolute Gasteiger partial charge is 0.224 e. The van der Waals surface area contributed by atoms with Crippen LogP contribution in [0.4, 0.5) is 5.95 Å². The summed E-state index contributed by atoms with van der Waals surface area (Å²) in [6.07, 6.45) is 3.14. The highest BCUT2D eigenvalue weighted by Gasteiger charge is 2.26. The van der Waals surface area contributed by atoms with Crippen LogP contribution in [-0.2, 0) is 10.3 Å². The summed E-state index contributed by atoms with van der Waals surface area (Å²) < 4.78 is 7.12. The van der Waals surface area contributed by atoms with Gasteiger partial charge < -0.3 is 24.8 Å². The summed E-state index contributed by atoms with van der Waals surface area (Å²) >= 11 is 6.23. The molecule has 2 atom stereocenters. The van der Waals surface area contributed by atoms with Gasteiger partial charge in [0, 0.05) is 12.6 Å². The van der Waals surface area contributed by atoms with Crippen molar-refractivity contribution < 1.29 is 14.9 Å². The lowest BCUT2D eigenvalue weighted by Crippen LogP contribution is -2.42. The van der Waals surface area contributed by atoms with Gasteiger partial charge in [0.05, 0.1) is 36.2 Å². The van der Waals surface area contributed by atoms with Crippen LogP contribution in [0.15, 0.2) is 12.4 Å². The van der Waals surface area contributed by atoms with Crippen molar-refractivity contribution in [2.75, 3.05) is 18.5 Å². The molecule has 0 aliphatic carbocycles. The molecule has 0 aromatic carbocycles. The molecular formula is C20H26ClN5O3. The number of ether oxygens (including phenoxy) is 1. The molecular weight excluding hydrogens is 394 g/mol. The molecule has 8 nitrogen and oxygen atoms in total. The molecule has 1 saturated heterocycles. The van der Waals surface area contributed by atoms with Gasteiger partial charge in [-0.1, -0.05) is 11.6 Å². The molecule has 0 amide bonds. The standard InChI is InChI=1S/C20H26ClN5O3/c1-12(2)26-13(9-22-18(26)20(3,4)28)5-6-15-14(21)10-23-19(24-15)25-16-7-8-29-11-17(16)27/h9-10,12,16-17,27-28H,7-8,11H2,1-4H3,(H,23,24,25)/t16-,17-/m1/s1. The van der Waals surface area contributed by atoms with Crippen LogP contribution in [0.5, 0.6) is 0 Å². The number of hydrogen-bond acceptors (Lipinski definition) is 7. The van der Waals surface area contributed by atoms with Gasteiger partial charge in [-0.05, 0) is 46.0 Å². The minimum absolute atomic E-state index is 0.0660. The monoisotopic (exact) mass is 419 g/mol. The first-order valence-corrected chi connectivity index (χ1v) is 9.91.